The molecule has 158 valence electrons. The number of halogens is 4. The molecule has 3 rings (SSSR count). The van der Waals surface area contributed by atoms with Gasteiger partial charge in [-0.05, 0) is 17.7 Å². The predicted molar refractivity (Wildman–Crippen MR) is 95.2 cm³/mol. The van der Waals surface area contributed by atoms with E-state index in [-0.39, 0.29) is 11.1 Å². The zero-order valence-electron chi connectivity index (χ0n) is 14.8. The van der Waals surface area contributed by atoms with Crippen LogP contribution in [0.4, 0.5) is 17.6 Å². The Bertz CT molecular complexity index is 1220. The summed E-state index contributed by atoms with van der Waals surface area (Å²) in [4.78, 5) is 15.1. The second-order valence-electron chi connectivity index (χ2n) is 6.16. The molecule has 0 spiro atoms. The summed E-state index contributed by atoms with van der Waals surface area (Å²) < 4.78 is 77.4. The summed E-state index contributed by atoms with van der Waals surface area (Å²) in [5, 5.41) is 8.65. The van der Waals surface area contributed by atoms with E-state index in [1.807, 2.05) is 0 Å². The summed E-state index contributed by atoms with van der Waals surface area (Å²) in [6, 6.07) is 6.08. The van der Waals surface area contributed by atoms with E-state index in [2.05, 4.69) is 10.1 Å². The highest BCUT2D eigenvalue weighted by Gasteiger charge is 2.33. The smallest absolute Gasteiger partial charge is 0.369 e. The number of hydrogen-bond acceptors (Lipinski definition) is 5. The number of benzene rings is 1. The second kappa shape index (κ2) is 7.50. The number of rotatable bonds is 5. The van der Waals surface area contributed by atoms with E-state index >= 15 is 0 Å². The molecule has 0 bridgehead atoms. The molecular formula is C17H13F4N5O3S. The van der Waals surface area contributed by atoms with Crippen LogP contribution in [0.2, 0.25) is 0 Å². The standard InChI is InChI=1S/C17H13F4N5O3S/c18-12-4-2-1-3-11(12)14(15(22)27)9-5-13(30(23,28)29)16(24-6-9)26-8-10(7-25-26)17(19,20)21/h1-8,14H,(H2,22,27)(H2,23,28,29). The number of sulfonamides is 1. The normalized spacial score (nSPS) is 13.2. The van der Waals surface area contributed by atoms with Crippen molar-refractivity contribution in [3.8, 4) is 5.82 Å². The molecule has 30 heavy (non-hydrogen) atoms. The van der Waals surface area contributed by atoms with Crippen LogP contribution in [-0.2, 0) is 21.0 Å². The number of pyridine rings is 1. The molecule has 0 aliphatic rings. The van der Waals surface area contributed by atoms with Crippen molar-refractivity contribution in [3.05, 3.63) is 71.4 Å². The molecule has 2 heterocycles. The Kier molecular flexibility index (Phi) is 5.34. The van der Waals surface area contributed by atoms with Gasteiger partial charge < -0.3 is 5.73 Å². The van der Waals surface area contributed by atoms with Crippen molar-refractivity contribution in [3.63, 3.8) is 0 Å². The van der Waals surface area contributed by atoms with Gasteiger partial charge in [-0.2, -0.15) is 18.3 Å². The third-order valence-electron chi connectivity index (χ3n) is 4.12. The molecule has 1 amide bonds. The van der Waals surface area contributed by atoms with Gasteiger partial charge in [0.1, 0.15) is 10.7 Å². The first kappa shape index (κ1) is 21.4. The molecule has 2 aromatic heterocycles. The average Bonchev–Trinajstić information content (AvgIpc) is 3.13. The van der Waals surface area contributed by atoms with E-state index in [1.165, 1.54) is 18.2 Å². The van der Waals surface area contributed by atoms with Gasteiger partial charge in [-0.3, -0.25) is 4.79 Å². The number of primary amides is 1. The Hall–Kier alpha value is -3.32. The lowest BCUT2D eigenvalue weighted by Gasteiger charge is -2.17. The maximum atomic E-state index is 14.2. The molecule has 0 saturated carbocycles. The molecule has 0 aliphatic heterocycles. The number of carbonyl (C=O) groups is 1. The van der Waals surface area contributed by atoms with Crippen molar-refractivity contribution < 1.29 is 30.8 Å². The summed E-state index contributed by atoms with van der Waals surface area (Å²) in [7, 11) is -4.53. The van der Waals surface area contributed by atoms with E-state index in [0.29, 0.717) is 17.1 Å². The first-order valence-electron chi connectivity index (χ1n) is 8.08. The number of hydrogen-bond donors (Lipinski definition) is 2. The van der Waals surface area contributed by atoms with Crippen LogP contribution in [0.1, 0.15) is 22.6 Å². The minimum absolute atomic E-state index is 0.122. The van der Waals surface area contributed by atoms with Gasteiger partial charge in [-0.15, -0.1) is 0 Å². The molecular weight excluding hydrogens is 430 g/mol. The van der Waals surface area contributed by atoms with Crippen LogP contribution in [0.3, 0.4) is 0 Å². The van der Waals surface area contributed by atoms with E-state index in [9.17, 15) is 30.8 Å². The van der Waals surface area contributed by atoms with Crippen molar-refractivity contribution in [2.75, 3.05) is 0 Å². The number of alkyl halides is 3. The number of primary sulfonamides is 1. The largest absolute Gasteiger partial charge is 0.419 e. The Morgan fingerprint density at radius 2 is 1.83 bits per heavy atom. The SMILES string of the molecule is NC(=O)C(c1cnc(-n2cc(C(F)(F)F)cn2)c(S(N)(=O)=O)c1)c1ccccc1F. The summed E-state index contributed by atoms with van der Waals surface area (Å²) in [6.45, 7) is 0. The van der Waals surface area contributed by atoms with Crippen LogP contribution in [0.5, 0.6) is 0 Å². The van der Waals surface area contributed by atoms with Crippen LogP contribution >= 0.6 is 0 Å². The summed E-state index contributed by atoms with van der Waals surface area (Å²) >= 11 is 0. The molecule has 0 radical (unpaired) electrons. The fourth-order valence-corrected chi connectivity index (χ4v) is 3.48. The van der Waals surface area contributed by atoms with E-state index in [1.54, 1.807) is 0 Å². The van der Waals surface area contributed by atoms with E-state index in [0.717, 1.165) is 18.3 Å². The Morgan fingerprint density at radius 3 is 2.37 bits per heavy atom. The molecule has 4 N–H and O–H groups in total. The van der Waals surface area contributed by atoms with Crippen LogP contribution < -0.4 is 10.9 Å². The van der Waals surface area contributed by atoms with Crippen molar-refractivity contribution >= 4 is 15.9 Å². The zero-order chi connectivity index (χ0) is 22.3. The number of nitrogens with two attached hydrogens (primary N) is 2. The van der Waals surface area contributed by atoms with Gasteiger partial charge in [0, 0.05) is 18.0 Å². The van der Waals surface area contributed by atoms with Crippen molar-refractivity contribution in [2.45, 2.75) is 17.0 Å². The Balaban J connectivity index is 2.19. The van der Waals surface area contributed by atoms with Crippen LogP contribution in [0.25, 0.3) is 5.82 Å². The lowest BCUT2D eigenvalue weighted by atomic mass is 9.91. The number of amides is 1. The van der Waals surface area contributed by atoms with Crippen LogP contribution in [-0.4, -0.2) is 29.1 Å². The Labute approximate surface area is 167 Å². The quantitative estimate of drug-likeness (QED) is 0.579. The van der Waals surface area contributed by atoms with Crippen LogP contribution in [0, 0.1) is 5.82 Å². The minimum atomic E-state index is -4.72. The molecule has 1 aromatic carbocycles. The molecule has 8 nitrogen and oxygen atoms in total. The molecule has 13 heteroatoms. The number of nitrogens with zero attached hydrogens (tertiary/aromatic N) is 3. The van der Waals surface area contributed by atoms with Gasteiger partial charge >= 0.3 is 6.18 Å². The van der Waals surface area contributed by atoms with Gasteiger partial charge in [0.05, 0.1) is 17.7 Å². The third kappa shape index (κ3) is 4.16. The molecule has 0 saturated heterocycles. The molecule has 0 fully saturated rings. The van der Waals surface area contributed by atoms with Gasteiger partial charge in [0.15, 0.2) is 5.82 Å². The molecule has 0 aliphatic carbocycles. The number of aromatic nitrogens is 3. The van der Waals surface area contributed by atoms with Gasteiger partial charge in [-0.25, -0.2) is 27.6 Å². The monoisotopic (exact) mass is 443 g/mol. The first-order chi connectivity index (χ1) is 13.9. The highest BCUT2D eigenvalue weighted by atomic mass is 32.2. The third-order valence-corrected chi connectivity index (χ3v) is 5.04. The first-order valence-corrected chi connectivity index (χ1v) is 9.63. The lowest BCUT2D eigenvalue weighted by Crippen LogP contribution is -2.25. The van der Waals surface area contributed by atoms with Gasteiger partial charge in [0.25, 0.3) is 0 Å². The molecule has 3 aromatic rings. The predicted octanol–water partition coefficient (Wildman–Crippen LogP) is 1.69. The van der Waals surface area contributed by atoms with Crippen molar-refractivity contribution in [1.82, 2.24) is 14.8 Å². The lowest BCUT2D eigenvalue weighted by molar-refractivity contribution is -0.137. The average molecular weight is 443 g/mol. The van der Waals surface area contributed by atoms with Crippen molar-refractivity contribution in [2.24, 2.45) is 10.9 Å². The fourth-order valence-electron chi connectivity index (χ4n) is 2.78. The van der Waals surface area contributed by atoms with E-state index < -0.39 is 50.1 Å². The highest BCUT2D eigenvalue weighted by molar-refractivity contribution is 7.89. The summed E-state index contributed by atoms with van der Waals surface area (Å²) in [5.41, 5.74) is 3.97. The van der Waals surface area contributed by atoms with Gasteiger partial charge in [0.2, 0.25) is 15.9 Å². The maximum absolute atomic E-state index is 14.2. The topological polar surface area (TPSA) is 134 Å². The number of carbonyl (C=O) groups excluding carboxylic acids is 1. The second-order valence-corrected chi connectivity index (χ2v) is 7.69. The van der Waals surface area contributed by atoms with E-state index in [4.69, 9.17) is 10.9 Å². The molecule has 1 unspecified atom stereocenters. The summed E-state index contributed by atoms with van der Waals surface area (Å²) in [6.07, 6.45) is -2.73. The summed E-state index contributed by atoms with van der Waals surface area (Å²) in [5.74, 6) is -3.73. The Morgan fingerprint density at radius 1 is 1.17 bits per heavy atom. The van der Waals surface area contributed by atoms with Gasteiger partial charge in [-0.1, -0.05) is 18.2 Å². The molecule has 1 atom stereocenters. The highest BCUT2D eigenvalue weighted by Crippen LogP contribution is 2.31. The van der Waals surface area contributed by atoms with Crippen LogP contribution in [0.15, 0.2) is 53.8 Å². The van der Waals surface area contributed by atoms with Crippen molar-refractivity contribution in [1.29, 1.82) is 0 Å². The maximum Gasteiger partial charge on any atom is 0.419 e. The zero-order valence-corrected chi connectivity index (χ0v) is 15.7. The fraction of sp³-hybridized carbons (Fsp3) is 0.118. The minimum Gasteiger partial charge on any atom is -0.369 e.